The number of anilines is 1. The van der Waals surface area contributed by atoms with Gasteiger partial charge in [0.1, 0.15) is 5.75 Å². The molecule has 18 heavy (non-hydrogen) atoms. The van der Waals surface area contributed by atoms with Crippen molar-refractivity contribution < 1.29 is 19.4 Å². The SMILES string of the molecule is CC(C)(N)C(=O)Nc1ccc(OCC(=O)O)cc1. The maximum atomic E-state index is 11.6. The van der Waals surface area contributed by atoms with Gasteiger partial charge in [-0.25, -0.2) is 4.79 Å². The van der Waals surface area contributed by atoms with E-state index in [0.29, 0.717) is 11.4 Å². The molecular weight excluding hydrogens is 236 g/mol. The summed E-state index contributed by atoms with van der Waals surface area (Å²) in [6.07, 6.45) is 0. The highest BCUT2D eigenvalue weighted by Gasteiger charge is 2.21. The third-order valence-corrected chi connectivity index (χ3v) is 2.06. The van der Waals surface area contributed by atoms with Gasteiger partial charge in [-0.15, -0.1) is 0 Å². The first-order chi connectivity index (χ1) is 8.29. The Balaban J connectivity index is 2.60. The Kier molecular flexibility index (Phi) is 4.28. The molecule has 0 radical (unpaired) electrons. The first-order valence-corrected chi connectivity index (χ1v) is 5.34. The molecule has 0 heterocycles. The highest BCUT2D eigenvalue weighted by Crippen LogP contribution is 2.16. The molecular formula is C12H16N2O4. The van der Waals surface area contributed by atoms with Crippen LogP contribution in [-0.2, 0) is 9.59 Å². The standard InChI is InChI=1S/C12H16N2O4/c1-12(2,13)11(17)14-8-3-5-9(6-4-8)18-7-10(15)16/h3-6H,7,13H2,1-2H3,(H,14,17)(H,15,16). The summed E-state index contributed by atoms with van der Waals surface area (Å²) in [5.41, 5.74) is 5.25. The Bertz CT molecular complexity index is 434. The molecule has 1 aromatic carbocycles. The Morgan fingerprint density at radius 1 is 1.33 bits per heavy atom. The normalized spacial score (nSPS) is 10.8. The molecule has 0 aliphatic rings. The highest BCUT2D eigenvalue weighted by atomic mass is 16.5. The Labute approximate surface area is 105 Å². The van der Waals surface area contributed by atoms with E-state index in [1.807, 2.05) is 0 Å². The largest absolute Gasteiger partial charge is 0.482 e. The Morgan fingerprint density at radius 2 is 1.89 bits per heavy atom. The van der Waals surface area contributed by atoms with E-state index < -0.39 is 18.1 Å². The minimum atomic E-state index is -1.04. The van der Waals surface area contributed by atoms with Crippen molar-refractivity contribution in [3.05, 3.63) is 24.3 Å². The van der Waals surface area contributed by atoms with Crippen molar-refractivity contribution in [1.29, 1.82) is 0 Å². The molecule has 1 rings (SSSR count). The minimum Gasteiger partial charge on any atom is -0.482 e. The van der Waals surface area contributed by atoms with E-state index in [1.165, 1.54) is 0 Å². The van der Waals surface area contributed by atoms with Gasteiger partial charge in [-0.2, -0.15) is 0 Å². The quantitative estimate of drug-likeness (QED) is 0.720. The third kappa shape index (κ3) is 4.42. The number of nitrogens with one attached hydrogen (secondary N) is 1. The van der Waals surface area contributed by atoms with Gasteiger partial charge in [0.2, 0.25) is 5.91 Å². The summed E-state index contributed by atoms with van der Waals surface area (Å²) in [5, 5.41) is 11.1. The summed E-state index contributed by atoms with van der Waals surface area (Å²) >= 11 is 0. The zero-order chi connectivity index (χ0) is 13.8. The fourth-order valence-corrected chi connectivity index (χ4v) is 1.07. The van der Waals surface area contributed by atoms with Crippen LogP contribution >= 0.6 is 0 Å². The molecule has 0 aliphatic carbocycles. The topological polar surface area (TPSA) is 102 Å². The number of amides is 1. The van der Waals surface area contributed by atoms with Crippen molar-refractivity contribution in [2.75, 3.05) is 11.9 Å². The molecule has 0 atom stereocenters. The van der Waals surface area contributed by atoms with Crippen molar-refractivity contribution in [3.63, 3.8) is 0 Å². The molecule has 98 valence electrons. The summed E-state index contributed by atoms with van der Waals surface area (Å²) in [6.45, 7) is 2.81. The minimum absolute atomic E-state index is 0.304. The molecule has 6 nitrogen and oxygen atoms in total. The average Bonchev–Trinajstić information content (AvgIpc) is 2.26. The lowest BCUT2D eigenvalue weighted by Crippen LogP contribution is -2.45. The summed E-state index contributed by atoms with van der Waals surface area (Å²) in [4.78, 5) is 21.9. The lowest BCUT2D eigenvalue weighted by atomic mass is 10.1. The van der Waals surface area contributed by atoms with Gasteiger partial charge in [0.15, 0.2) is 6.61 Å². The molecule has 0 unspecified atom stereocenters. The second-order valence-corrected chi connectivity index (χ2v) is 4.38. The number of aliphatic carboxylic acids is 1. The van der Waals surface area contributed by atoms with E-state index in [4.69, 9.17) is 15.6 Å². The maximum absolute atomic E-state index is 11.6. The van der Waals surface area contributed by atoms with Crippen molar-refractivity contribution in [2.45, 2.75) is 19.4 Å². The molecule has 0 fully saturated rings. The van der Waals surface area contributed by atoms with Crippen LogP contribution in [0.25, 0.3) is 0 Å². The number of carbonyl (C=O) groups excluding carboxylic acids is 1. The average molecular weight is 252 g/mol. The van der Waals surface area contributed by atoms with Crippen LogP contribution in [0.15, 0.2) is 24.3 Å². The molecule has 4 N–H and O–H groups in total. The number of hydrogen-bond acceptors (Lipinski definition) is 4. The highest BCUT2D eigenvalue weighted by molar-refractivity contribution is 5.97. The van der Waals surface area contributed by atoms with Crippen LogP contribution in [-0.4, -0.2) is 29.1 Å². The van der Waals surface area contributed by atoms with Crippen LogP contribution in [0.2, 0.25) is 0 Å². The van der Waals surface area contributed by atoms with Gasteiger partial charge < -0.3 is 20.9 Å². The fourth-order valence-electron chi connectivity index (χ4n) is 1.07. The Hall–Kier alpha value is -2.08. The first-order valence-electron chi connectivity index (χ1n) is 5.34. The predicted molar refractivity (Wildman–Crippen MR) is 66.5 cm³/mol. The van der Waals surface area contributed by atoms with Gasteiger partial charge in [0, 0.05) is 5.69 Å². The zero-order valence-electron chi connectivity index (χ0n) is 10.3. The van der Waals surface area contributed by atoms with Gasteiger partial charge in [0.25, 0.3) is 0 Å². The number of carboxylic acids is 1. The monoisotopic (exact) mass is 252 g/mol. The third-order valence-electron chi connectivity index (χ3n) is 2.06. The molecule has 0 bridgehead atoms. The summed E-state index contributed by atoms with van der Waals surface area (Å²) in [7, 11) is 0. The molecule has 1 aromatic rings. The van der Waals surface area contributed by atoms with Crippen LogP contribution in [0.3, 0.4) is 0 Å². The lowest BCUT2D eigenvalue weighted by molar-refractivity contribution is -0.139. The van der Waals surface area contributed by atoms with Gasteiger partial charge >= 0.3 is 5.97 Å². The van der Waals surface area contributed by atoms with E-state index in [9.17, 15) is 9.59 Å². The molecule has 0 aromatic heterocycles. The first kappa shape index (κ1) is 14.0. The number of ether oxygens (including phenoxy) is 1. The number of carbonyl (C=O) groups is 2. The molecule has 0 spiro atoms. The maximum Gasteiger partial charge on any atom is 0.341 e. The number of nitrogens with two attached hydrogens (primary N) is 1. The van der Waals surface area contributed by atoms with Gasteiger partial charge in [-0.3, -0.25) is 4.79 Å². The lowest BCUT2D eigenvalue weighted by Gasteiger charge is -2.17. The van der Waals surface area contributed by atoms with E-state index >= 15 is 0 Å². The zero-order valence-corrected chi connectivity index (χ0v) is 10.3. The number of rotatable bonds is 5. The van der Waals surface area contributed by atoms with Crippen LogP contribution < -0.4 is 15.8 Å². The van der Waals surface area contributed by atoms with Gasteiger partial charge in [-0.1, -0.05) is 0 Å². The second-order valence-electron chi connectivity index (χ2n) is 4.38. The van der Waals surface area contributed by atoms with E-state index in [-0.39, 0.29) is 5.91 Å². The van der Waals surface area contributed by atoms with Crippen LogP contribution in [0.4, 0.5) is 5.69 Å². The molecule has 0 saturated carbocycles. The Morgan fingerprint density at radius 3 is 2.33 bits per heavy atom. The van der Waals surface area contributed by atoms with Crippen molar-refractivity contribution in [1.82, 2.24) is 0 Å². The van der Waals surface area contributed by atoms with Crippen LogP contribution in [0.5, 0.6) is 5.75 Å². The summed E-state index contributed by atoms with van der Waals surface area (Å²) in [5.74, 6) is -0.929. The molecule has 0 aliphatic heterocycles. The van der Waals surface area contributed by atoms with Crippen molar-refractivity contribution >= 4 is 17.6 Å². The summed E-state index contributed by atoms with van der Waals surface area (Å²) < 4.78 is 4.96. The number of hydrogen-bond donors (Lipinski definition) is 3. The van der Waals surface area contributed by atoms with E-state index in [1.54, 1.807) is 38.1 Å². The van der Waals surface area contributed by atoms with Crippen LogP contribution in [0, 0.1) is 0 Å². The van der Waals surface area contributed by atoms with Crippen molar-refractivity contribution in [2.24, 2.45) is 5.73 Å². The fraction of sp³-hybridized carbons (Fsp3) is 0.333. The second kappa shape index (κ2) is 5.50. The number of carboxylic acid groups (broad SMARTS) is 1. The molecule has 1 amide bonds. The van der Waals surface area contributed by atoms with Crippen LogP contribution in [0.1, 0.15) is 13.8 Å². The van der Waals surface area contributed by atoms with Gasteiger partial charge in [-0.05, 0) is 38.1 Å². The summed E-state index contributed by atoms with van der Waals surface area (Å²) in [6, 6.07) is 6.37. The predicted octanol–water partition coefficient (Wildman–Crippen LogP) is 0.826. The molecule has 0 saturated heterocycles. The molecule has 6 heteroatoms. The van der Waals surface area contributed by atoms with Gasteiger partial charge in [0.05, 0.1) is 5.54 Å². The smallest absolute Gasteiger partial charge is 0.341 e. The van der Waals surface area contributed by atoms with E-state index in [2.05, 4.69) is 5.32 Å². The van der Waals surface area contributed by atoms with E-state index in [0.717, 1.165) is 0 Å². The van der Waals surface area contributed by atoms with Crippen molar-refractivity contribution in [3.8, 4) is 5.75 Å². The number of benzene rings is 1.